The molecule has 162 valence electrons. The van der Waals surface area contributed by atoms with E-state index < -0.39 is 5.60 Å². The predicted octanol–water partition coefficient (Wildman–Crippen LogP) is 4.17. The van der Waals surface area contributed by atoms with Gasteiger partial charge in [0, 0.05) is 36.3 Å². The molecular weight excluding hydrogens is 382 g/mol. The van der Waals surface area contributed by atoms with E-state index in [9.17, 15) is 9.59 Å². The molecule has 2 bridgehead atoms. The molecule has 1 aromatic rings. The van der Waals surface area contributed by atoms with E-state index in [2.05, 4.69) is 16.4 Å². The summed E-state index contributed by atoms with van der Waals surface area (Å²) >= 11 is 0. The number of hydrogen-bond acceptors (Lipinski definition) is 6. The Bertz CT molecular complexity index is 860. The van der Waals surface area contributed by atoms with Crippen molar-refractivity contribution in [1.29, 1.82) is 0 Å². The lowest BCUT2D eigenvalue weighted by Gasteiger charge is -2.40. The number of carbonyl (C=O) groups excluding carboxylic acids is 2. The lowest BCUT2D eigenvalue weighted by atomic mass is 9.96. The van der Waals surface area contributed by atoms with Crippen LogP contribution in [-0.2, 0) is 15.9 Å². The van der Waals surface area contributed by atoms with Crippen LogP contribution >= 0.6 is 0 Å². The van der Waals surface area contributed by atoms with Gasteiger partial charge in [-0.1, -0.05) is 12.2 Å². The highest BCUT2D eigenvalue weighted by atomic mass is 16.6. The quantitative estimate of drug-likeness (QED) is 0.746. The number of nitrogens with zero attached hydrogens (tertiary/aromatic N) is 2. The number of esters is 1. The molecule has 3 atom stereocenters. The summed E-state index contributed by atoms with van der Waals surface area (Å²) in [6.45, 7) is 7.82. The number of allylic oxidation sites excluding steroid dienone is 1. The molecule has 2 saturated heterocycles. The maximum atomic E-state index is 12.7. The number of fused-ring (bicyclic) bond motifs is 3. The van der Waals surface area contributed by atoms with E-state index in [1.807, 2.05) is 31.7 Å². The van der Waals surface area contributed by atoms with Crippen molar-refractivity contribution < 1.29 is 19.1 Å². The number of amides is 1. The minimum absolute atomic E-state index is 0.160. The molecule has 1 N–H and O–H groups in total. The van der Waals surface area contributed by atoms with Gasteiger partial charge in [0.25, 0.3) is 0 Å². The number of hydrogen-bond donors (Lipinski definition) is 1. The summed E-state index contributed by atoms with van der Waals surface area (Å²) in [5, 5.41) is 3.63. The van der Waals surface area contributed by atoms with Crippen molar-refractivity contribution in [2.45, 2.75) is 83.5 Å². The number of nitrogens with one attached hydrogen (secondary N) is 1. The average molecular weight is 414 g/mol. The monoisotopic (exact) mass is 413 g/mol. The first-order valence-corrected chi connectivity index (χ1v) is 10.9. The van der Waals surface area contributed by atoms with Gasteiger partial charge in [-0.3, -0.25) is 4.98 Å². The Morgan fingerprint density at radius 2 is 1.93 bits per heavy atom. The van der Waals surface area contributed by atoms with Crippen LogP contribution in [0, 0.1) is 0 Å². The fraction of sp³-hybridized carbons (Fsp3) is 0.609. The second kappa shape index (κ2) is 7.93. The largest absolute Gasteiger partial charge is 0.462 e. The van der Waals surface area contributed by atoms with Gasteiger partial charge < -0.3 is 19.7 Å². The van der Waals surface area contributed by atoms with Gasteiger partial charge >= 0.3 is 12.1 Å². The van der Waals surface area contributed by atoms with Crippen LogP contribution < -0.4 is 5.32 Å². The molecule has 1 unspecified atom stereocenters. The summed E-state index contributed by atoms with van der Waals surface area (Å²) in [4.78, 5) is 31.6. The van der Waals surface area contributed by atoms with Gasteiger partial charge in [-0.05, 0) is 53.4 Å². The summed E-state index contributed by atoms with van der Waals surface area (Å²) < 4.78 is 10.9. The van der Waals surface area contributed by atoms with Crippen molar-refractivity contribution in [2.24, 2.45) is 0 Å². The van der Waals surface area contributed by atoms with Crippen molar-refractivity contribution in [1.82, 2.24) is 9.88 Å². The van der Waals surface area contributed by atoms with Crippen LogP contribution in [0.25, 0.3) is 6.08 Å². The van der Waals surface area contributed by atoms with Crippen molar-refractivity contribution in [2.75, 3.05) is 11.9 Å². The first-order valence-electron chi connectivity index (χ1n) is 10.9. The third-order valence-corrected chi connectivity index (χ3v) is 5.98. The van der Waals surface area contributed by atoms with Gasteiger partial charge in [0.2, 0.25) is 0 Å². The molecule has 0 spiro atoms. The highest BCUT2D eigenvalue weighted by molar-refractivity contribution is 5.98. The van der Waals surface area contributed by atoms with Gasteiger partial charge in [0.1, 0.15) is 11.2 Å². The van der Waals surface area contributed by atoms with Gasteiger partial charge in [-0.15, -0.1) is 0 Å². The van der Waals surface area contributed by atoms with Gasteiger partial charge in [-0.25, -0.2) is 9.59 Å². The zero-order valence-corrected chi connectivity index (χ0v) is 18.2. The van der Waals surface area contributed by atoms with Crippen molar-refractivity contribution >= 4 is 23.8 Å². The van der Waals surface area contributed by atoms with E-state index >= 15 is 0 Å². The molecule has 0 saturated carbocycles. The second-order valence-corrected chi connectivity index (χ2v) is 9.32. The average Bonchev–Trinajstić information content (AvgIpc) is 3.23. The molecule has 1 aliphatic carbocycles. The van der Waals surface area contributed by atoms with Crippen molar-refractivity contribution in [3.63, 3.8) is 0 Å². The van der Waals surface area contributed by atoms with Gasteiger partial charge in [0.05, 0.1) is 18.0 Å². The fourth-order valence-electron chi connectivity index (χ4n) is 4.83. The summed E-state index contributed by atoms with van der Waals surface area (Å²) in [6, 6.07) is 0.495. The van der Waals surface area contributed by atoms with Crippen LogP contribution in [0.5, 0.6) is 0 Å². The molecule has 7 heteroatoms. The van der Waals surface area contributed by atoms with Crippen LogP contribution in [0.2, 0.25) is 0 Å². The number of pyridine rings is 1. The van der Waals surface area contributed by atoms with Crippen LogP contribution in [0.15, 0.2) is 12.3 Å². The first kappa shape index (κ1) is 20.7. The van der Waals surface area contributed by atoms with Gasteiger partial charge in [-0.2, -0.15) is 0 Å². The molecule has 0 radical (unpaired) electrons. The van der Waals surface area contributed by atoms with E-state index in [4.69, 9.17) is 9.47 Å². The minimum Gasteiger partial charge on any atom is -0.462 e. The highest BCUT2D eigenvalue weighted by Crippen LogP contribution is 2.39. The Labute approximate surface area is 177 Å². The molecule has 3 aliphatic rings. The summed E-state index contributed by atoms with van der Waals surface area (Å²) in [6.07, 6.45) is 9.91. The van der Waals surface area contributed by atoms with E-state index in [1.165, 1.54) is 0 Å². The SMILES string of the molecule is CCOC(=O)c1cnc2c(c1NC1C[C@H]3CC[C@@H](C1)N3C(=O)OC(C)(C)C)C=CC2. The number of anilines is 1. The Balaban J connectivity index is 1.53. The molecule has 1 amide bonds. The molecule has 3 heterocycles. The summed E-state index contributed by atoms with van der Waals surface area (Å²) in [5.74, 6) is -0.357. The highest BCUT2D eigenvalue weighted by Gasteiger charge is 2.45. The fourth-order valence-corrected chi connectivity index (χ4v) is 4.83. The van der Waals surface area contributed by atoms with Crippen LogP contribution in [-0.4, -0.2) is 52.3 Å². The standard InChI is InChI=1S/C23H31N3O4/c1-5-29-21(27)18-13-24-19-8-6-7-17(19)20(18)25-14-11-15-9-10-16(12-14)26(15)22(28)30-23(2,3)4/h6-7,13-16H,5,8-12H2,1-4H3,(H,24,25)/t14?,15-,16+. The van der Waals surface area contributed by atoms with Crippen molar-refractivity contribution in [3.05, 3.63) is 29.1 Å². The van der Waals surface area contributed by atoms with Crippen LogP contribution in [0.4, 0.5) is 10.5 Å². The minimum atomic E-state index is -0.496. The smallest absolute Gasteiger partial charge is 0.410 e. The third kappa shape index (κ3) is 4.02. The number of ether oxygens (including phenoxy) is 2. The Morgan fingerprint density at radius 1 is 1.23 bits per heavy atom. The normalized spacial score (nSPS) is 24.5. The van der Waals surface area contributed by atoms with Crippen LogP contribution in [0.3, 0.4) is 0 Å². The topological polar surface area (TPSA) is 80.8 Å². The zero-order chi connectivity index (χ0) is 21.5. The lowest BCUT2D eigenvalue weighted by molar-refractivity contribution is 0.00683. The number of aromatic nitrogens is 1. The maximum absolute atomic E-state index is 12.7. The van der Waals surface area contributed by atoms with E-state index in [0.29, 0.717) is 12.2 Å². The second-order valence-electron chi connectivity index (χ2n) is 9.32. The summed E-state index contributed by atoms with van der Waals surface area (Å²) in [7, 11) is 0. The summed E-state index contributed by atoms with van der Waals surface area (Å²) in [5.41, 5.74) is 2.73. The molecule has 4 rings (SSSR count). The first-order chi connectivity index (χ1) is 14.3. The number of carbonyl (C=O) groups is 2. The van der Waals surface area contributed by atoms with E-state index in [0.717, 1.165) is 49.0 Å². The molecular formula is C23H31N3O4. The molecule has 7 nitrogen and oxygen atoms in total. The Hall–Kier alpha value is -2.57. The zero-order valence-electron chi connectivity index (χ0n) is 18.2. The molecule has 30 heavy (non-hydrogen) atoms. The van der Waals surface area contributed by atoms with Crippen molar-refractivity contribution in [3.8, 4) is 0 Å². The number of piperidine rings is 1. The predicted molar refractivity (Wildman–Crippen MR) is 114 cm³/mol. The number of rotatable bonds is 4. The molecule has 2 fully saturated rings. The Morgan fingerprint density at radius 3 is 2.57 bits per heavy atom. The lowest BCUT2D eigenvalue weighted by Crippen LogP contribution is -2.51. The van der Waals surface area contributed by atoms with Crippen LogP contribution in [0.1, 0.15) is 75.0 Å². The maximum Gasteiger partial charge on any atom is 0.410 e. The third-order valence-electron chi connectivity index (χ3n) is 5.98. The molecule has 2 aliphatic heterocycles. The van der Waals surface area contributed by atoms with Gasteiger partial charge in [0.15, 0.2) is 0 Å². The molecule has 0 aromatic carbocycles. The van der Waals surface area contributed by atoms with E-state index in [-0.39, 0.29) is 30.2 Å². The Kier molecular flexibility index (Phi) is 5.47. The van der Waals surface area contributed by atoms with E-state index in [1.54, 1.807) is 13.1 Å². The molecule has 1 aromatic heterocycles.